The molecule has 2 unspecified atom stereocenters. The lowest BCUT2D eigenvalue weighted by Gasteiger charge is -2.38. The summed E-state index contributed by atoms with van der Waals surface area (Å²) >= 11 is 0. The standard InChI is InChI=1S/C16H22N2O5/c1-16(8-4-3-5-14(16)19)10-17-11-6-7-13(18(21)22)12(9-11)15(20)23-2/h6-7,9,14,17,19H,3-5,8,10H2,1-2H3. The van der Waals surface area contributed by atoms with E-state index >= 15 is 0 Å². The fourth-order valence-electron chi connectivity index (χ4n) is 2.97. The number of ether oxygens (including phenoxy) is 1. The molecular weight excluding hydrogens is 300 g/mol. The Morgan fingerprint density at radius 3 is 2.87 bits per heavy atom. The Bertz CT molecular complexity index is 604. The molecular formula is C16H22N2O5. The molecule has 2 rings (SSSR count). The number of rotatable bonds is 5. The SMILES string of the molecule is COC(=O)c1cc(NCC2(C)CCCCC2O)ccc1[N+](=O)[O-]. The minimum Gasteiger partial charge on any atom is -0.465 e. The number of aliphatic hydroxyl groups is 1. The lowest BCUT2D eigenvalue weighted by atomic mass is 9.73. The van der Waals surface area contributed by atoms with Crippen LogP contribution in [-0.2, 0) is 4.74 Å². The van der Waals surface area contributed by atoms with E-state index in [1.165, 1.54) is 19.2 Å². The summed E-state index contributed by atoms with van der Waals surface area (Å²) in [5.41, 5.74) is -0.0241. The van der Waals surface area contributed by atoms with Gasteiger partial charge in [-0.3, -0.25) is 10.1 Å². The Hall–Kier alpha value is -2.15. The maximum atomic E-state index is 11.7. The van der Waals surface area contributed by atoms with Crippen LogP contribution in [-0.4, -0.2) is 35.8 Å². The highest BCUT2D eigenvalue weighted by Gasteiger charge is 2.35. The summed E-state index contributed by atoms with van der Waals surface area (Å²) in [4.78, 5) is 22.1. The van der Waals surface area contributed by atoms with Gasteiger partial charge in [-0.1, -0.05) is 19.8 Å². The van der Waals surface area contributed by atoms with E-state index in [1.807, 2.05) is 6.92 Å². The summed E-state index contributed by atoms with van der Waals surface area (Å²) < 4.78 is 4.60. The van der Waals surface area contributed by atoms with E-state index in [2.05, 4.69) is 10.1 Å². The monoisotopic (exact) mass is 322 g/mol. The normalized spacial score (nSPS) is 24.0. The molecule has 1 aliphatic carbocycles. The highest BCUT2D eigenvalue weighted by Crippen LogP contribution is 2.36. The van der Waals surface area contributed by atoms with Gasteiger partial charge in [0.15, 0.2) is 0 Å². The number of hydrogen-bond donors (Lipinski definition) is 2. The summed E-state index contributed by atoms with van der Waals surface area (Å²) in [6.45, 7) is 2.56. The van der Waals surface area contributed by atoms with E-state index in [0.29, 0.717) is 12.2 Å². The number of methoxy groups -OCH3 is 1. The van der Waals surface area contributed by atoms with E-state index in [1.54, 1.807) is 6.07 Å². The van der Waals surface area contributed by atoms with Gasteiger partial charge in [0.25, 0.3) is 5.69 Å². The second-order valence-corrected chi connectivity index (χ2v) is 6.25. The van der Waals surface area contributed by atoms with Crippen LogP contribution in [0.15, 0.2) is 18.2 Å². The van der Waals surface area contributed by atoms with Crippen LogP contribution in [0.25, 0.3) is 0 Å². The van der Waals surface area contributed by atoms with E-state index in [-0.39, 0.29) is 22.8 Å². The van der Waals surface area contributed by atoms with Gasteiger partial charge in [-0.05, 0) is 25.0 Å². The van der Waals surface area contributed by atoms with Crippen LogP contribution in [0.3, 0.4) is 0 Å². The summed E-state index contributed by atoms with van der Waals surface area (Å²) in [7, 11) is 1.19. The number of nitro groups is 1. The van der Waals surface area contributed by atoms with Crippen molar-refractivity contribution in [3.05, 3.63) is 33.9 Å². The zero-order valence-corrected chi connectivity index (χ0v) is 13.4. The fourth-order valence-corrected chi connectivity index (χ4v) is 2.97. The summed E-state index contributed by atoms with van der Waals surface area (Å²) in [5.74, 6) is -0.746. The van der Waals surface area contributed by atoms with Crippen molar-refractivity contribution in [1.29, 1.82) is 0 Å². The molecule has 7 nitrogen and oxygen atoms in total. The van der Waals surface area contributed by atoms with Crippen molar-refractivity contribution >= 4 is 17.3 Å². The fraction of sp³-hybridized carbons (Fsp3) is 0.562. The van der Waals surface area contributed by atoms with Crippen LogP contribution in [0, 0.1) is 15.5 Å². The molecule has 0 heterocycles. The maximum absolute atomic E-state index is 11.7. The molecule has 1 aromatic carbocycles. The first kappa shape index (κ1) is 17.2. The molecule has 1 aliphatic rings. The van der Waals surface area contributed by atoms with Gasteiger partial charge in [0, 0.05) is 23.7 Å². The lowest BCUT2D eigenvalue weighted by Crippen LogP contribution is -2.41. The quantitative estimate of drug-likeness (QED) is 0.491. The number of benzene rings is 1. The molecule has 7 heteroatoms. The molecule has 0 aliphatic heterocycles. The topological polar surface area (TPSA) is 102 Å². The number of carbonyl (C=O) groups is 1. The molecule has 2 atom stereocenters. The van der Waals surface area contributed by atoms with Crippen molar-refractivity contribution in [3.63, 3.8) is 0 Å². The second-order valence-electron chi connectivity index (χ2n) is 6.25. The summed E-state index contributed by atoms with van der Waals surface area (Å²) in [5, 5.41) is 24.4. The Morgan fingerprint density at radius 2 is 2.26 bits per heavy atom. The molecule has 1 fully saturated rings. The minimum atomic E-state index is -0.746. The van der Waals surface area contributed by atoms with E-state index < -0.39 is 10.9 Å². The van der Waals surface area contributed by atoms with Gasteiger partial charge in [0.05, 0.1) is 18.1 Å². The number of nitrogens with one attached hydrogen (secondary N) is 1. The number of esters is 1. The molecule has 0 saturated heterocycles. The summed E-state index contributed by atoms with van der Waals surface area (Å²) in [6, 6.07) is 4.26. The van der Waals surface area contributed by atoms with Crippen LogP contribution in [0.5, 0.6) is 0 Å². The van der Waals surface area contributed by atoms with Crippen molar-refractivity contribution in [2.45, 2.75) is 38.7 Å². The largest absolute Gasteiger partial charge is 0.465 e. The number of aliphatic hydroxyl groups excluding tert-OH is 1. The Labute approximate surface area is 134 Å². The van der Waals surface area contributed by atoms with Crippen LogP contribution >= 0.6 is 0 Å². The highest BCUT2D eigenvalue weighted by atomic mass is 16.6. The number of anilines is 1. The number of carbonyl (C=O) groups excluding carboxylic acids is 1. The molecule has 23 heavy (non-hydrogen) atoms. The molecule has 0 amide bonds. The molecule has 0 radical (unpaired) electrons. The van der Waals surface area contributed by atoms with Crippen LogP contribution in [0.1, 0.15) is 43.0 Å². The molecule has 0 aromatic heterocycles. The van der Waals surface area contributed by atoms with Crippen molar-refractivity contribution in [1.82, 2.24) is 0 Å². The minimum absolute atomic E-state index is 0.0863. The third kappa shape index (κ3) is 3.79. The van der Waals surface area contributed by atoms with Crippen LogP contribution < -0.4 is 5.32 Å². The third-order valence-corrected chi connectivity index (χ3v) is 4.57. The predicted molar refractivity (Wildman–Crippen MR) is 85.5 cm³/mol. The van der Waals surface area contributed by atoms with Crippen molar-refractivity contribution in [3.8, 4) is 0 Å². The number of nitrogens with zero attached hydrogens (tertiary/aromatic N) is 1. The van der Waals surface area contributed by atoms with Crippen LogP contribution in [0.4, 0.5) is 11.4 Å². The van der Waals surface area contributed by atoms with E-state index in [9.17, 15) is 20.0 Å². The first-order valence-corrected chi connectivity index (χ1v) is 7.66. The van der Waals surface area contributed by atoms with E-state index in [0.717, 1.165) is 25.7 Å². The van der Waals surface area contributed by atoms with E-state index in [4.69, 9.17) is 0 Å². The maximum Gasteiger partial charge on any atom is 0.344 e. The van der Waals surface area contributed by atoms with Crippen molar-refractivity contribution in [2.24, 2.45) is 5.41 Å². The Morgan fingerprint density at radius 1 is 1.52 bits per heavy atom. The van der Waals surface area contributed by atoms with Gasteiger partial charge < -0.3 is 15.2 Å². The molecule has 0 spiro atoms. The Balaban J connectivity index is 2.17. The van der Waals surface area contributed by atoms with Crippen molar-refractivity contribution in [2.75, 3.05) is 19.0 Å². The smallest absolute Gasteiger partial charge is 0.344 e. The van der Waals surface area contributed by atoms with Gasteiger partial charge in [0.2, 0.25) is 0 Å². The number of nitro benzene ring substituents is 1. The van der Waals surface area contributed by atoms with Gasteiger partial charge in [0.1, 0.15) is 5.56 Å². The first-order chi connectivity index (χ1) is 10.9. The van der Waals surface area contributed by atoms with Gasteiger partial charge >= 0.3 is 5.97 Å². The predicted octanol–water partition coefficient (Wildman–Crippen LogP) is 2.73. The van der Waals surface area contributed by atoms with Crippen LogP contribution in [0.2, 0.25) is 0 Å². The first-order valence-electron chi connectivity index (χ1n) is 7.66. The average Bonchev–Trinajstić information content (AvgIpc) is 2.55. The lowest BCUT2D eigenvalue weighted by molar-refractivity contribution is -0.385. The number of hydrogen-bond acceptors (Lipinski definition) is 6. The molecule has 0 bridgehead atoms. The molecule has 2 N–H and O–H groups in total. The molecule has 1 saturated carbocycles. The Kier molecular flexibility index (Phi) is 5.20. The zero-order chi connectivity index (χ0) is 17.0. The third-order valence-electron chi connectivity index (χ3n) is 4.57. The molecule has 126 valence electrons. The average molecular weight is 322 g/mol. The second kappa shape index (κ2) is 6.95. The van der Waals surface area contributed by atoms with Gasteiger partial charge in [-0.2, -0.15) is 0 Å². The van der Waals surface area contributed by atoms with Gasteiger partial charge in [-0.25, -0.2) is 4.79 Å². The highest BCUT2D eigenvalue weighted by molar-refractivity contribution is 5.95. The zero-order valence-electron chi connectivity index (χ0n) is 13.4. The summed E-state index contributed by atoms with van der Waals surface area (Å²) in [6.07, 6.45) is 3.43. The van der Waals surface area contributed by atoms with Crippen molar-refractivity contribution < 1.29 is 19.6 Å². The van der Waals surface area contributed by atoms with Gasteiger partial charge in [-0.15, -0.1) is 0 Å². The molecule has 1 aromatic rings.